The first-order valence-electron chi connectivity index (χ1n) is 6.08. The zero-order valence-corrected chi connectivity index (χ0v) is 11.0. The average Bonchev–Trinajstić information content (AvgIpc) is 2.84. The van der Waals surface area contributed by atoms with Gasteiger partial charge in [-0.25, -0.2) is 9.78 Å². The number of aromatic nitrogens is 2. The van der Waals surface area contributed by atoms with Crippen LogP contribution in [0.15, 0.2) is 30.6 Å². The van der Waals surface area contributed by atoms with E-state index in [1.165, 1.54) is 0 Å². The molecule has 0 amide bonds. The van der Waals surface area contributed by atoms with Crippen molar-refractivity contribution >= 4 is 5.97 Å². The monoisotopic (exact) mass is 260 g/mol. The van der Waals surface area contributed by atoms with Gasteiger partial charge in [-0.3, -0.25) is 0 Å². The van der Waals surface area contributed by atoms with Crippen LogP contribution in [0, 0.1) is 6.92 Å². The fraction of sp³-hybridized carbons (Fsp3) is 0.286. The van der Waals surface area contributed by atoms with Crippen molar-refractivity contribution in [2.24, 2.45) is 0 Å². The smallest absolute Gasteiger partial charge is 0.339 e. The lowest BCUT2D eigenvalue weighted by atomic mass is 10.1. The Morgan fingerprint density at radius 1 is 1.47 bits per heavy atom. The molecule has 2 aromatic rings. The summed E-state index contributed by atoms with van der Waals surface area (Å²) in [5.41, 5.74) is 1.06. The number of imidazole rings is 1. The molecule has 0 aliphatic rings. The van der Waals surface area contributed by atoms with Crippen LogP contribution in [0.25, 0.3) is 0 Å². The highest BCUT2D eigenvalue weighted by atomic mass is 16.5. The van der Waals surface area contributed by atoms with E-state index in [4.69, 9.17) is 9.84 Å². The number of hydrogen-bond acceptors (Lipinski definition) is 3. The average molecular weight is 260 g/mol. The molecule has 0 aliphatic heterocycles. The number of ether oxygens (including phenoxy) is 1. The van der Waals surface area contributed by atoms with E-state index in [-0.39, 0.29) is 12.2 Å². The number of nitrogens with zero attached hydrogens (tertiary/aromatic N) is 2. The number of carboxylic acid groups (broad SMARTS) is 1. The fourth-order valence-corrected chi connectivity index (χ4v) is 1.85. The van der Waals surface area contributed by atoms with Gasteiger partial charge in [-0.1, -0.05) is 11.6 Å². The van der Waals surface area contributed by atoms with E-state index < -0.39 is 5.97 Å². The predicted molar refractivity (Wildman–Crippen MR) is 70.4 cm³/mol. The van der Waals surface area contributed by atoms with Crippen LogP contribution in [-0.4, -0.2) is 20.6 Å². The number of aromatic carboxylic acids is 1. The van der Waals surface area contributed by atoms with Crippen LogP contribution in [0.4, 0.5) is 0 Å². The molecule has 0 bridgehead atoms. The summed E-state index contributed by atoms with van der Waals surface area (Å²) in [6, 6.07) is 5.11. The Morgan fingerprint density at radius 2 is 2.26 bits per heavy atom. The largest absolute Gasteiger partial charge is 0.485 e. The Labute approximate surface area is 111 Å². The van der Waals surface area contributed by atoms with Crippen LogP contribution in [0.1, 0.15) is 28.7 Å². The minimum absolute atomic E-state index is 0.176. The van der Waals surface area contributed by atoms with E-state index in [2.05, 4.69) is 4.98 Å². The van der Waals surface area contributed by atoms with Gasteiger partial charge in [0.25, 0.3) is 0 Å². The number of carbonyl (C=O) groups is 1. The molecular weight excluding hydrogens is 244 g/mol. The molecule has 0 fully saturated rings. The molecule has 0 aliphatic carbocycles. The van der Waals surface area contributed by atoms with Crippen LogP contribution >= 0.6 is 0 Å². The second-order valence-electron chi connectivity index (χ2n) is 4.22. The number of aryl methyl sites for hydroxylation is 2. The van der Waals surface area contributed by atoms with E-state index >= 15 is 0 Å². The molecule has 2 rings (SSSR count). The maximum atomic E-state index is 11.2. The SMILES string of the molecule is CCn1ccnc1COc1ccc(C)cc1C(=O)O. The summed E-state index contributed by atoms with van der Waals surface area (Å²) in [4.78, 5) is 15.3. The summed E-state index contributed by atoms with van der Waals surface area (Å²) >= 11 is 0. The minimum Gasteiger partial charge on any atom is -0.485 e. The van der Waals surface area contributed by atoms with E-state index in [1.807, 2.05) is 30.7 Å². The Bertz CT molecular complexity index is 590. The van der Waals surface area contributed by atoms with Gasteiger partial charge in [0.15, 0.2) is 0 Å². The van der Waals surface area contributed by atoms with E-state index in [0.717, 1.165) is 17.9 Å². The summed E-state index contributed by atoms with van der Waals surface area (Å²) in [6.07, 6.45) is 3.57. The normalized spacial score (nSPS) is 10.4. The van der Waals surface area contributed by atoms with Crippen molar-refractivity contribution in [1.29, 1.82) is 0 Å². The number of hydrogen-bond donors (Lipinski definition) is 1. The summed E-state index contributed by atoms with van der Waals surface area (Å²) in [7, 11) is 0. The molecule has 1 heterocycles. The van der Waals surface area contributed by atoms with Crippen molar-refractivity contribution in [1.82, 2.24) is 9.55 Å². The molecule has 1 aromatic carbocycles. The van der Waals surface area contributed by atoms with Crippen molar-refractivity contribution < 1.29 is 14.6 Å². The molecule has 0 radical (unpaired) electrons. The van der Waals surface area contributed by atoms with Crippen LogP contribution < -0.4 is 4.74 Å². The lowest BCUT2D eigenvalue weighted by molar-refractivity contribution is 0.0691. The molecule has 1 aromatic heterocycles. The molecule has 0 saturated carbocycles. The van der Waals surface area contributed by atoms with Gasteiger partial charge in [-0.2, -0.15) is 0 Å². The van der Waals surface area contributed by atoms with Gasteiger partial charge >= 0.3 is 5.97 Å². The molecule has 5 nitrogen and oxygen atoms in total. The zero-order valence-electron chi connectivity index (χ0n) is 11.0. The van der Waals surface area contributed by atoms with E-state index in [0.29, 0.717) is 5.75 Å². The van der Waals surface area contributed by atoms with Gasteiger partial charge in [0.05, 0.1) is 0 Å². The van der Waals surface area contributed by atoms with Crippen molar-refractivity contribution in [3.63, 3.8) is 0 Å². The number of rotatable bonds is 5. The molecule has 5 heteroatoms. The van der Waals surface area contributed by atoms with Gasteiger partial charge in [0.2, 0.25) is 0 Å². The molecule has 100 valence electrons. The lowest BCUT2D eigenvalue weighted by Crippen LogP contribution is -2.08. The Balaban J connectivity index is 2.18. The maximum absolute atomic E-state index is 11.2. The standard InChI is InChI=1S/C14H16N2O3/c1-3-16-7-6-15-13(16)9-19-12-5-4-10(2)8-11(12)14(17)18/h4-8H,3,9H2,1-2H3,(H,17,18). The second-order valence-corrected chi connectivity index (χ2v) is 4.22. The third kappa shape index (κ3) is 2.93. The van der Waals surface area contributed by atoms with E-state index in [9.17, 15) is 4.79 Å². The van der Waals surface area contributed by atoms with Crippen molar-refractivity contribution in [3.05, 3.63) is 47.5 Å². The summed E-state index contributed by atoms with van der Waals surface area (Å²) in [5, 5.41) is 9.15. The van der Waals surface area contributed by atoms with Crippen molar-refractivity contribution in [3.8, 4) is 5.75 Å². The fourth-order valence-electron chi connectivity index (χ4n) is 1.85. The molecule has 0 spiro atoms. The predicted octanol–water partition coefficient (Wildman–Crippen LogP) is 2.49. The highest BCUT2D eigenvalue weighted by Crippen LogP contribution is 2.21. The summed E-state index contributed by atoms with van der Waals surface area (Å²) < 4.78 is 7.53. The summed E-state index contributed by atoms with van der Waals surface area (Å²) in [5.74, 6) is 0.153. The Morgan fingerprint density at radius 3 is 2.95 bits per heavy atom. The van der Waals surface area contributed by atoms with Crippen LogP contribution in [0.5, 0.6) is 5.75 Å². The first kappa shape index (κ1) is 13.1. The molecule has 1 N–H and O–H groups in total. The molecule has 0 atom stereocenters. The van der Waals surface area contributed by atoms with Crippen molar-refractivity contribution in [2.45, 2.75) is 27.0 Å². The maximum Gasteiger partial charge on any atom is 0.339 e. The van der Waals surface area contributed by atoms with E-state index in [1.54, 1.807) is 18.3 Å². The quantitative estimate of drug-likeness (QED) is 0.897. The number of carboxylic acids is 1. The Hall–Kier alpha value is -2.30. The highest BCUT2D eigenvalue weighted by molar-refractivity contribution is 5.91. The lowest BCUT2D eigenvalue weighted by Gasteiger charge is -2.10. The van der Waals surface area contributed by atoms with Gasteiger partial charge < -0.3 is 14.4 Å². The zero-order chi connectivity index (χ0) is 13.8. The summed E-state index contributed by atoms with van der Waals surface area (Å²) in [6.45, 7) is 4.92. The first-order chi connectivity index (χ1) is 9.11. The van der Waals surface area contributed by atoms with Crippen LogP contribution in [0.3, 0.4) is 0 Å². The molecule has 0 saturated heterocycles. The first-order valence-corrected chi connectivity index (χ1v) is 6.08. The third-order valence-corrected chi connectivity index (χ3v) is 2.86. The second kappa shape index (κ2) is 5.56. The molecular formula is C14H16N2O3. The molecule has 19 heavy (non-hydrogen) atoms. The third-order valence-electron chi connectivity index (χ3n) is 2.86. The van der Waals surface area contributed by atoms with Crippen LogP contribution in [-0.2, 0) is 13.2 Å². The molecule has 0 unspecified atom stereocenters. The highest BCUT2D eigenvalue weighted by Gasteiger charge is 2.12. The Kier molecular flexibility index (Phi) is 3.85. The number of benzene rings is 1. The van der Waals surface area contributed by atoms with Gasteiger partial charge in [0.1, 0.15) is 23.7 Å². The van der Waals surface area contributed by atoms with Crippen molar-refractivity contribution in [2.75, 3.05) is 0 Å². The van der Waals surface area contributed by atoms with Crippen LogP contribution in [0.2, 0.25) is 0 Å². The minimum atomic E-state index is -0.988. The topological polar surface area (TPSA) is 64.4 Å². The van der Waals surface area contributed by atoms with Gasteiger partial charge in [-0.05, 0) is 26.0 Å². The van der Waals surface area contributed by atoms with Gasteiger partial charge in [0, 0.05) is 18.9 Å². The van der Waals surface area contributed by atoms with Gasteiger partial charge in [-0.15, -0.1) is 0 Å².